The number of ether oxygens (including phenoxy) is 1. The molecule has 3 N–H and O–H groups in total. The number of rotatable bonds is 6. The van der Waals surface area contributed by atoms with E-state index in [1.165, 1.54) is 0 Å². The Morgan fingerprint density at radius 1 is 1.00 bits per heavy atom. The molecule has 34 heavy (non-hydrogen) atoms. The number of fused-ring (bicyclic) bond motifs is 2. The normalized spacial score (nSPS) is 26.7. The number of amides is 3. The Morgan fingerprint density at radius 2 is 1.56 bits per heavy atom. The molecule has 3 amide bonds. The van der Waals surface area contributed by atoms with E-state index in [-0.39, 0.29) is 24.6 Å². The predicted octanol–water partition coefficient (Wildman–Crippen LogP) is 2.06. The zero-order chi connectivity index (χ0) is 23.8. The van der Waals surface area contributed by atoms with Crippen molar-refractivity contribution in [2.24, 2.45) is 0 Å². The molecule has 3 saturated heterocycles. The van der Waals surface area contributed by atoms with Gasteiger partial charge >= 0.3 is 12.0 Å². The molecule has 3 aliphatic heterocycles. The van der Waals surface area contributed by atoms with Crippen molar-refractivity contribution in [1.29, 1.82) is 0 Å². The SMILES string of the molecule is O=C1NC(=O)C2(C[C@H]3CCC[C@H](C2)N3CCOC(=O)C(O)(c2ccccc2)c2ccccc2)N1. The number of nitrogens with one attached hydrogen (secondary N) is 2. The summed E-state index contributed by atoms with van der Waals surface area (Å²) in [4.78, 5) is 39.8. The predicted molar refractivity (Wildman–Crippen MR) is 124 cm³/mol. The van der Waals surface area contributed by atoms with Crippen LogP contribution in [-0.4, -0.2) is 58.7 Å². The maximum atomic E-state index is 13.2. The molecule has 178 valence electrons. The first-order valence-corrected chi connectivity index (χ1v) is 11.8. The number of benzene rings is 2. The molecule has 1 spiro atoms. The van der Waals surface area contributed by atoms with Gasteiger partial charge in [-0.25, -0.2) is 9.59 Å². The molecule has 3 aliphatic rings. The van der Waals surface area contributed by atoms with Crippen LogP contribution in [0, 0.1) is 0 Å². The van der Waals surface area contributed by atoms with E-state index >= 15 is 0 Å². The van der Waals surface area contributed by atoms with E-state index in [1.807, 2.05) is 12.1 Å². The highest BCUT2D eigenvalue weighted by Crippen LogP contribution is 2.40. The van der Waals surface area contributed by atoms with Gasteiger partial charge in [-0.3, -0.25) is 15.0 Å². The van der Waals surface area contributed by atoms with Gasteiger partial charge in [0, 0.05) is 18.6 Å². The van der Waals surface area contributed by atoms with Crippen LogP contribution in [0.2, 0.25) is 0 Å². The molecule has 0 aliphatic carbocycles. The summed E-state index contributed by atoms with van der Waals surface area (Å²) >= 11 is 0. The highest BCUT2D eigenvalue weighted by molar-refractivity contribution is 6.07. The Labute approximate surface area is 198 Å². The quantitative estimate of drug-likeness (QED) is 0.447. The van der Waals surface area contributed by atoms with E-state index in [9.17, 15) is 19.5 Å². The number of hydrogen-bond acceptors (Lipinski definition) is 6. The highest BCUT2D eigenvalue weighted by Gasteiger charge is 2.54. The van der Waals surface area contributed by atoms with Gasteiger partial charge in [-0.05, 0) is 36.8 Å². The molecule has 0 aromatic heterocycles. The van der Waals surface area contributed by atoms with Crippen molar-refractivity contribution in [2.45, 2.75) is 55.3 Å². The van der Waals surface area contributed by atoms with Gasteiger partial charge in [0.25, 0.3) is 5.91 Å². The Kier molecular flexibility index (Phi) is 5.87. The summed E-state index contributed by atoms with van der Waals surface area (Å²) in [6, 6.07) is 17.4. The largest absolute Gasteiger partial charge is 0.462 e. The lowest BCUT2D eigenvalue weighted by atomic mass is 9.73. The fraction of sp³-hybridized carbons (Fsp3) is 0.423. The van der Waals surface area contributed by atoms with E-state index in [2.05, 4.69) is 15.5 Å². The second kappa shape index (κ2) is 8.85. The summed E-state index contributed by atoms with van der Waals surface area (Å²) in [5.41, 5.74) is -1.84. The summed E-state index contributed by atoms with van der Waals surface area (Å²) < 4.78 is 5.66. The van der Waals surface area contributed by atoms with E-state index in [0.29, 0.717) is 30.5 Å². The van der Waals surface area contributed by atoms with Crippen molar-refractivity contribution in [3.8, 4) is 0 Å². The minimum atomic E-state index is -1.91. The number of hydrogen-bond donors (Lipinski definition) is 3. The Hall–Kier alpha value is -3.23. The first-order valence-electron chi connectivity index (χ1n) is 11.8. The number of esters is 1. The third-order valence-corrected chi connectivity index (χ3v) is 7.46. The number of nitrogens with zero attached hydrogens (tertiary/aromatic N) is 1. The van der Waals surface area contributed by atoms with E-state index in [1.54, 1.807) is 48.5 Å². The van der Waals surface area contributed by atoms with Crippen molar-refractivity contribution in [3.63, 3.8) is 0 Å². The van der Waals surface area contributed by atoms with Gasteiger partial charge in [0.05, 0.1) is 0 Å². The second-order valence-electron chi connectivity index (χ2n) is 9.45. The first kappa shape index (κ1) is 22.6. The lowest BCUT2D eigenvalue weighted by Gasteiger charge is -2.51. The summed E-state index contributed by atoms with van der Waals surface area (Å²) in [5, 5.41) is 16.8. The van der Waals surface area contributed by atoms with Gasteiger partial charge in [0.1, 0.15) is 12.1 Å². The Bertz CT molecular complexity index is 1020. The molecular formula is C26H29N3O5. The van der Waals surface area contributed by atoms with Crippen LogP contribution >= 0.6 is 0 Å². The standard InChI is InChI=1S/C26H29N3O5/c30-22-25(28-24(32)27-22)16-20-12-7-13-21(17-25)29(20)14-15-34-23(31)26(33,18-8-3-1-4-9-18)19-10-5-2-6-11-19/h1-6,8-11,20-21,33H,7,12-17H2,(H2,27,28,30,32)/t20-,21-/m1/s1. The van der Waals surface area contributed by atoms with Gasteiger partial charge in [-0.2, -0.15) is 0 Å². The Morgan fingerprint density at radius 3 is 2.06 bits per heavy atom. The summed E-state index contributed by atoms with van der Waals surface area (Å²) in [6.07, 6.45) is 4.01. The van der Waals surface area contributed by atoms with Crippen molar-refractivity contribution in [3.05, 3.63) is 71.8 Å². The minimum absolute atomic E-state index is 0.123. The molecule has 2 aromatic rings. The second-order valence-corrected chi connectivity index (χ2v) is 9.45. The van der Waals surface area contributed by atoms with Crippen LogP contribution in [0.5, 0.6) is 0 Å². The zero-order valence-corrected chi connectivity index (χ0v) is 18.9. The fourth-order valence-corrected chi connectivity index (χ4v) is 5.84. The van der Waals surface area contributed by atoms with Gasteiger partial charge in [-0.1, -0.05) is 67.1 Å². The van der Waals surface area contributed by atoms with Crippen LogP contribution in [0.25, 0.3) is 0 Å². The number of carbonyl (C=O) groups is 3. The van der Waals surface area contributed by atoms with Gasteiger partial charge in [0.15, 0.2) is 0 Å². The lowest BCUT2D eigenvalue weighted by Crippen LogP contribution is -2.64. The van der Waals surface area contributed by atoms with Gasteiger partial charge in [0.2, 0.25) is 5.60 Å². The highest BCUT2D eigenvalue weighted by atomic mass is 16.5. The van der Waals surface area contributed by atoms with Crippen molar-refractivity contribution < 1.29 is 24.2 Å². The van der Waals surface area contributed by atoms with Crippen molar-refractivity contribution in [1.82, 2.24) is 15.5 Å². The van der Waals surface area contributed by atoms with Crippen LogP contribution in [0.4, 0.5) is 4.79 Å². The smallest absolute Gasteiger partial charge is 0.347 e. The monoisotopic (exact) mass is 463 g/mol. The minimum Gasteiger partial charge on any atom is -0.462 e. The number of aliphatic hydroxyl groups is 1. The van der Waals surface area contributed by atoms with Gasteiger partial charge in [-0.15, -0.1) is 0 Å². The molecule has 3 fully saturated rings. The van der Waals surface area contributed by atoms with Gasteiger partial charge < -0.3 is 15.2 Å². The van der Waals surface area contributed by atoms with Crippen LogP contribution in [0.1, 0.15) is 43.2 Å². The average Bonchev–Trinajstić information content (AvgIpc) is 3.11. The number of urea groups is 1. The van der Waals surface area contributed by atoms with Crippen molar-refractivity contribution >= 4 is 17.9 Å². The maximum absolute atomic E-state index is 13.2. The molecule has 2 atom stereocenters. The zero-order valence-electron chi connectivity index (χ0n) is 18.9. The molecule has 8 nitrogen and oxygen atoms in total. The van der Waals surface area contributed by atoms with Crippen LogP contribution in [0.15, 0.2) is 60.7 Å². The third-order valence-electron chi connectivity index (χ3n) is 7.46. The Balaban J connectivity index is 1.28. The number of imide groups is 1. The van der Waals surface area contributed by atoms with Crippen LogP contribution in [-0.2, 0) is 19.9 Å². The first-order chi connectivity index (χ1) is 16.4. The molecular weight excluding hydrogens is 434 g/mol. The summed E-state index contributed by atoms with van der Waals surface area (Å²) in [5.74, 6) is -0.956. The van der Waals surface area contributed by atoms with Crippen molar-refractivity contribution in [2.75, 3.05) is 13.2 Å². The van der Waals surface area contributed by atoms with Crippen LogP contribution < -0.4 is 10.6 Å². The number of carbonyl (C=O) groups excluding carboxylic acids is 3. The molecule has 2 bridgehead atoms. The molecule has 0 unspecified atom stereocenters. The summed E-state index contributed by atoms with van der Waals surface area (Å²) in [7, 11) is 0. The molecule has 0 radical (unpaired) electrons. The van der Waals surface area contributed by atoms with Crippen LogP contribution in [0.3, 0.4) is 0 Å². The maximum Gasteiger partial charge on any atom is 0.347 e. The molecule has 5 rings (SSSR count). The summed E-state index contributed by atoms with van der Waals surface area (Å²) in [6.45, 7) is 0.631. The fourth-order valence-electron chi connectivity index (χ4n) is 5.84. The van der Waals surface area contributed by atoms with E-state index in [0.717, 1.165) is 19.3 Å². The third kappa shape index (κ3) is 3.86. The topological polar surface area (TPSA) is 108 Å². The lowest BCUT2D eigenvalue weighted by molar-refractivity contribution is -0.163. The molecule has 2 aromatic carbocycles. The molecule has 0 saturated carbocycles. The molecule has 3 heterocycles. The van der Waals surface area contributed by atoms with E-state index < -0.39 is 23.1 Å². The van der Waals surface area contributed by atoms with E-state index in [4.69, 9.17) is 4.74 Å². The average molecular weight is 464 g/mol. The molecule has 8 heteroatoms. The number of piperidine rings is 2.